The number of pyridine rings is 1. The molecule has 0 aromatic carbocycles. The van der Waals surface area contributed by atoms with E-state index in [2.05, 4.69) is 15.2 Å². The molecule has 0 unspecified atom stereocenters. The van der Waals surface area contributed by atoms with Gasteiger partial charge in [-0.2, -0.15) is 0 Å². The smallest absolute Gasteiger partial charge is 0.267 e. The summed E-state index contributed by atoms with van der Waals surface area (Å²) in [7, 11) is 0. The Labute approximate surface area is 167 Å². The van der Waals surface area contributed by atoms with E-state index in [0.29, 0.717) is 6.04 Å². The van der Waals surface area contributed by atoms with Crippen LogP contribution in [0.25, 0.3) is 6.08 Å². The second kappa shape index (κ2) is 11.4. The van der Waals surface area contributed by atoms with Crippen LogP contribution in [0.4, 0.5) is 5.82 Å². The number of hydroxylamine groups is 1. The molecule has 3 rings (SSSR count). The lowest BCUT2D eigenvalue weighted by molar-refractivity contribution is -0.124. The maximum Gasteiger partial charge on any atom is 0.267 e. The summed E-state index contributed by atoms with van der Waals surface area (Å²) in [5.74, 6) is 0.320. The predicted octanol–water partition coefficient (Wildman–Crippen LogP) is 3.26. The Hall–Kier alpha value is -1.34. The van der Waals surface area contributed by atoms with Gasteiger partial charge >= 0.3 is 0 Å². The SMILES string of the molecule is Cl.Cl.O=C(/C=C/c1ccc(N[C@@H]2CCN(C3CCCCC3)C2)nc1)NO. The highest BCUT2D eigenvalue weighted by Crippen LogP contribution is 2.26. The van der Waals surface area contributed by atoms with Crippen molar-refractivity contribution in [2.75, 3.05) is 18.4 Å². The number of hydrogen-bond donors (Lipinski definition) is 3. The van der Waals surface area contributed by atoms with Gasteiger partial charge in [-0.1, -0.05) is 19.3 Å². The van der Waals surface area contributed by atoms with Crippen LogP contribution >= 0.6 is 24.8 Å². The maximum atomic E-state index is 11.0. The van der Waals surface area contributed by atoms with E-state index < -0.39 is 5.91 Å². The van der Waals surface area contributed by atoms with Crippen LogP contribution in [0.1, 0.15) is 44.1 Å². The molecule has 0 bridgehead atoms. The quantitative estimate of drug-likeness (QED) is 0.400. The summed E-state index contributed by atoms with van der Waals surface area (Å²) in [4.78, 5) is 18.0. The van der Waals surface area contributed by atoms with Crippen molar-refractivity contribution < 1.29 is 10.0 Å². The summed E-state index contributed by atoms with van der Waals surface area (Å²) in [6.45, 7) is 2.28. The lowest BCUT2D eigenvalue weighted by atomic mass is 9.94. The largest absolute Gasteiger partial charge is 0.366 e. The fraction of sp³-hybridized carbons (Fsp3) is 0.556. The molecule has 0 radical (unpaired) electrons. The second-order valence-corrected chi connectivity index (χ2v) is 6.70. The predicted molar refractivity (Wildman–Crippen MR) is 108 cm³/mol. The Morgan fingerprint density at radius 1 is 1.19 bits per heavy atom. The van der Waals surface area contributed by atoms with Gasteiger partial charge in [0.1, 0.15) is 5.82 Å². The number of halogens is 2. The molecule has 2 heterocycles. The van der Waals surface area contributed by atoms with Crippen molar-refractivity contribution in [3.8, 4) is 0 Å². The third kappa shape index (κ3) is 6.43. The van der Waals surface area contributed by atoms with Gasteiger partial charge in [-0.15, -0.1) is 24.8 Å². The molecule has 3 N–H and O–H groups in total. The second-order valence-electron chi connectivity index (χ2n) is 6.70. The van der Waals surface area contributed by atoms with Crippen molar-refractivity contribution in [2.24, 2.45) is 0 Å². The number of aromatic nitrogens is 1. The Kier molecular flexibility index (Phi) is 9.94. The van der Waals surface area contributed by atoms with Gasteiger partial charge in [-0.3, -0.25) is 14.9 Å². The molecule has 1 amide bonds. The molecule has 1 aliphatic carbocycles. The van der Waals surface area contributed by atoms with E-state index in [9.17, 15) is 4.79 Å². The van der Waals surface area contributed by atoms with Gasteiger partial charge in [-0.25, -0.2) is 10.5 Å². The fourth-order valence-electron chi connectivity index (χ4n) is 3.69. The van der Waals surface area contributed by atoms with E-state index in [0.717, 1.165) is 30.4 Å². The van der Waals surface area contributed by atoms with Crippen LogP contribution in [-0.4, -0.2) is 46.2 Å². The minimum Gasteiger partial charge on any atom is -0.366 e. The van der Waals surface area contributed by atoms with Crippen LogP contribution in [-0.2, 0) is 4.79 Å². The summed E-state index contributed by atoms with van der Waals surface area (Å²) in [6.07, 6.45) is 12.6. The molecule has 1 aliphatic heterocycles. The highest BCUT2D eigenvalue weighted by atomic mass is 35.5. The van der Waals surface area contributed by atoms with Gasteiger partial charge in [0.2, 0.25) is 0 Å². The molecule has 2 aliphatic rings. The first-order valence-electron chi connectivity index (χ1n) is 8.83. The molecular formula is C18H28Cl2N4O2. The van der Waals surface area contributed by atoms with Crippen LogP contribution in [0.3, 0.4) is 0 Å². The van der Waals surface area contributed by atoms with E-state index in [1.807, 2.05) is 12.1 Å². The molecule has 6 nitrogen and oxygen atoms in total. The van der Waals surface area contributed by atoms with Gasteiger partial charge in [-0.05, 0) is 43.0 Å². The normalized spacial score (nSPS) is 21.0. The van der Waals surface area contributed by atoms with Gasteiger partial charge in [0.05, 0.1) is 0 Å². The molecule has 2 fully saturated rings. The number of carbonyl (C=O) groups is 1. The zero-order valence-corrected chi connectivity index (χ0v) is 16.4. The van der Waals surface area contributed by atoms with Gasteiger partial charge in [0.25, 0.3) is 5.91 Å². The average Bonchev–Trinajstić information content (AvgIpc) is 3.10. The Balaban J connectivity index is 0.00000169. The zero-order valence-electron chi connectivity index (χ0n) is 14.8. The maximum absolute atomic E-state index is 11.0. The number of nitrogens with one attached hydrogen (secondary N) is 2. The van der Waals surface area contributed by atoms with Gasteiger partial charge in [0.15, 0.2) is 0 Å². The molecule has 1 atom stereocenters. The van der Waals surface area contributed by atoms with Crippen LogP contribution in [0.15, 0.2) is 24.4 Å². The first kappa shape index (κ1) is 22.7. The molecule has 1 aromatic rings. The van der Waals surface area contributed by atoms with Crippen molar-refractivity contribution in [1.29, 1.82) is 0 Å². The first-order chi connectivity index (χ1) is 11.7. The topological polar surface area (TPSA) is 77.5 Å². The lowest BCUT2D eigenvalue weighted by Gasteiger charge is -2.31. The summed E-state index contributed by atoms with van der Waals surface area (Å²) < 4.78 is 0. The van der Waals surface area contributed by atoms with Crippen molar-refractivity contribution in [2.45, 2.75) is 50.6 Å². The van der Waals surface area contributed by atoms with Crippen LogP contribution in [0.2, 0.25) is 0 Å². The standard InChI is InChI=1S/C18H26N4O2.2ClH/c23-18(21-24)9-7-14-6-8-17(19-12-14)20-15-10-11-22(13-15)16-4-2-1-3-5-16;;/h6-9,12,15-16,24H,1-5,10-11,13H2,(H,19,20)(H,21,23);2*1H/b9-7+;;/t15-;;/m1../s1. The zero-order chi connectivity index (χ0) is 16.8. The summed E-state index contributed by atoms with van der Waals surface area (Å²) in [6, 6.07) is 5.08. The molecule has 0 spiro atoms. The Morgan fingerprint density at radius 3 is 2.62 bits per heavy atom. The number of hydrogen-bond acceptors (Lipinski definition) is 5. The molecular weight excluding hydrogens is 375 g/mol. The number of amides is 1. The first-order valence-corrected chi connectivity index (χ1v) is 8.83. The van der Waals surface area contributed by atoms with Crippen LogP contribution in [0, 0.1) is 0 Å². The van der Waals surface area contributed by atoms with E-state index in [4.69, 9.17) is 5.21 Å². The minimum absolute atomic E-state index is 0. The number of anilines is 1. The highest BCUT2D eigenvalue weighted by Gasteiger charge is 2.28. The van der Waals surface area contributed by atoms with Crippen molar-refractivity contribution >= 4 is 42.6 Å². The minimum atomic E-state index is -0.550. The van der Waals surface area contributed by atoms with Crippen molar-refractivity contribution in [3.63, 3.8) is 0 Å². The average molecular weight is 403 g/mol. The monoisotopic (exact) mass is 402 g/mol. The summed E-state index contributed by atoms with van der Waals surface area (Å²) in [5.41, 5.74) is 2.38. The molecule has 8 heteroatoms. The van der Waals surface area contributed by atoms with Crippen LogP contribution < -0.4 is 10.8 Å². The van der Waals surface area contributed by atoms with Crippen molar-refractivity contribution in [1.82, 2.24) is 15.4 Å². The third-order valence-corrected chi connectivity index (χ3v) is 4.99. The van der Waals surface area contributed by atoms with Crippen LogP contribution in [0.5, 0.6) is 0 Å². The number of likely N-dealkylation sites (tertiary alicyclic amines) is 1. The Bertz CT molecular complexity index is 577. The lowest BCUT2D eigenvalue weighted by Crippen LogP contribution is -2.36. The Morgan fingerprint density at radius 2 is 1.96 bits per heavy atom. The van der Waals surface area contributed by atoms with Gasteiger partial charge < -0.3 is 5.32 Å². The number of carbonyl (C=O) groups excluding carboxylic acids is 1. The highest BCUT2D eigenvalue weighted by molar-refractivity contribution is 5.90. The summed E-state index contributed by atoms with van der Waals surface area (Å²) >= 11 is 0. The van der Waals surface area contributed by atoms with E-state index in [-0.39, 0.29) is 24.8 Å². The van der Waals surface area contributed by atoms with E-state index in [1.165, 1.54) is 44.7 Å². The molecule has 26 heavy (non-hydrogen) atoms. The molecule has 1 aromatic heterocycles. The van der Waals surface area contributed by atoms with Gasteiger partial charge in [0, 0.05) is 37.4 Å². The molecule has 1 saturated heterocycles. The fourth-order valence-corrected chi connectivity index (χ4v) is 3.69. The van der Waals surface area contributed by atoms with E-state index in [1.54, 1.807) is 17.8 Å². The van der Waals surface area contributed by atoms with E-state index >= 15 is 0 Å². The number of nitrogens with zero attached hydrogens (tertiary/aromatic N) is 2. The van der Waals surface area contributed by atoms with Crippen molar-refractivity contribution in [3.05, 3.63) is 30.0 Å². The number of rotatable bonds is 5. The summed E-state index contributed by atoms with van der Waals surface area (Å²) in [5, 5.41) is 12.0. The molecule has 1 saturated carbocycles. The third-order valence-electron chi connectivity index (χ3n) is 4.99. The molecule has 146 valence electrons.